The van der Waals surface area contributed by atoms with Gasteiger partial charge in [-0.2, -0.15) is 0 Å². The van der Waals surface area contributed by atoms with Crippen LogP contribution in [0.4, 0.5) is 0 Å². The van der Waals surface area contributed by atoms with Crippen LogP contribution in [0.1, 0.15) is 31.3 Å². The molecule has 0 aliphatic rings. The average molecular weight is 567 g/mol. The fraction of sp³-hybridized carbons (Fsp3) is 0.0286. The van der Waals surface area contributed by atoms with Crippen LogP contribution in [0.15, 0.2) is 91.0 Å². The van der Waals surface area contributed by atoms with Crippen LogP contribution >= 0.6 is 11.3 Å². The van der Waals surface area contributed by atoms with Gasteiger partial charge in [-0.25, -0.2) is 19.6 Å². The number of aromatic carboxylic acids is 2. The van der Waals surface area contributed by atoms with Gasteiger partial charge in [-0.05, 0) is 48.9 Å². The van der Waals surface area contributed by atoms with Crippen molar-refractivity contribution in [3.8, 4) is 68.9 Å². The molecule has 0 aliphatic carbocycles. The summed E-state index contributed by atoms with van der Waals surface area (Å²) >= 11 is 1.70. The van der Waals surface area contributed by atoms with Crippen LogP contribution in [0.25, 0.3) is 49.8 Å². The lowest BCUT2D eigenvalue weighted by Crippen LogP contribution is -2.04. The van der Waals surface area contributed by atoms with Crippen LogP contribution in [-0.4, -0.2) is 32.1 Å². The first-order chi connectivity index (χ1) is 20.3. The van der Waals surface area contributed by atoms with E-state index in [-0.39, 0.29) is 11.1 Å². The highest BCUT2D eigenvalue weighted by Crippen LogP contribution is 2.37. The van der Waals surface area contributed by atoms with Crippen LogP contribution in [-0.2, 0) is 0 Å². The number of terminal acetylenes is 2. The number of thiophene rings is 1. The molecule has 5 rings (SSSR count). The molecule has 0 fully saturated rings. The fourth-order valence-corrected chi connectivity index (χ4v) is 5.29. The van der Waals surface area contributed by atoms with Crippen LogP contribution in [0.2, 0.25) is 0 Å². The summed E-state index contributed by atoms with van der Waals surface area (Å²) in [7, 11) is 0. The third-order valence-electron chi connectivity index (χ3n) is 6.53. The minimum Gasteiger partial charge on any atom is -0.478 e. The van der Waals surface area contributed by atoms with Crippen molar-refractivity contribution >= 4 is 28.8 Å². The van der Waals surface area contributed by atoms with E-state index >= 15 is 0 Å². The zero-order valence-corrected chi connectivity index (χ0v) is 23.1. The third kappa shape index (κ3) is 5.59. The smallest absolute Gasteiger partial charge is 0.335 e. The second-order valence-electron chi connectivity index (χ2n) is 9.24. The summed E-state index contributed by atoms with van der Waals surface area (Å²) < 4.78 is 0. The number of carboxylic acid groups (broad SMARTS) is 2. The Morgan fingerprint density at radius 1 is 0.690 bits per heavy atom. The zero-order chi connectivity index (χ0) is 29.8. The van der Waals surface area contributed by atoms with Crippen LogP contribution in [0.5, 0.6) is 0 Å². The average Bonchev–Trinajstić information content (AvgIpc) is 3.45. The van der Waals surface area contributed by atoms with Gasteiger partial charge in [0.25, 0.3) is 0 Å². The number of nitrogens with zero attached hydrogens (tertiary/aromatic N) is 2. The van der Waals surface area contributed by atoms with Crippen molar-refractivity contribution in [2.24, 2.45) is 0 Å². The number of allylic oxidation sites excluding steroid dienone is 2. The van der Waals surface area contributed by atoms with Gasteiger partial charge >= 0.3 is 11.9 Å². The van der Waals surface area contributed by atoms with E-state index in [1.807, 2.05) is 24.3 Å². The van der Waals surface area contributed by atoms with Crippen molar-refractivity contribution in [2.45, 2.75) is 6.92 Å². The van der Waals surface area contributed by atoms with Crippen molar-refractivity contribution in [1.29, 1.82) is 0 Å². The summed E-state index contributed by atoms with van der Waals surface area (Å²) in [6.07, 6.45) is 12.8. The normalized spacial score (nSPS) is 11.0. The number of aromatic nitrogens is 2. The Kier molecular flexibility index (Phi) is 7.79. The van der Waals surface area contributed by atoms with E-state index in [1.54, 1.807) is 35.6 Å². The molecule has 42 heavy (non-hydrogen) atoms. The quantitative estimate of drug-likeness (QED) is 0.197. The Hall–Kier alpha value is -5.76. The summed E-state index contributed by atoms with van der Waals surface area (Å²) in [5.74, 6) is 2.96. The molecule has 7 heteroatoms. The summed E-state index contributed by atoms with van der Waals surface area (Å²) in [5, 5.41) is 18.8. The first-order valence-corrected chi connectivity index (χ1v) is 13.5. The molecular formula is C35H22N2O4S. The van der Waals surface area contributed by atoms with Gasteiger partial charge in [0.1, 0.15) is 5.69 Å². The molecule has 0 aliphatic heterocycles. The molecule has 5 aromatic rings. The molecule has 0 amide bonds. The van der Waals surface area contributed by atoms with Crippen molar-refractivity contribution < 1.29 is 19.8 Å². The Morgan fingerprint density at radius 3 is 1.62 bits per heavy atom. The fourth-order valence-electron chi connectivity index (χ4n) is 4.41. The van der Waals surface area contributed by atoms with Crippen LogP contribution in [0.3, 0.4) is 0 Å². The van der Waals surface area contributed by atoms with Crippen molar-refractivity contribution in [3.63, 3.8) is 0 Å². The largest absolute Gasteiger partial charge is 0.478 e. The van der Waals surface area contributed by atoms with Gasteiger partial charge in [-0.1, -0.05) is 60.4 Å². The van der Waals surface area contributed by atoms with E-state index in [4.69, 9.17) is 22.8 Å². The Labute approximate surface area is 246 Å². The molecule has 202 valence electrons. The second-order valence-corrected chi connectivity index (χ2v) is 10.5. The lowest BCUT2D eigenvalue weighted by molar-refractivity contribution is 0.0686. The maximum absolute atomic E-state index is 11.5. The number of hydrogen-bond acceptors (Lipinski definition) is 5. The predicted octanol–water partition coefficient (Wildman–Crippen LogP) is 7.56. The molecule has 0 bridgehead atoms. The van der Waals surface area contributed by atoms with Gasteiger partial charge in [0.2, 0.25) is 0 Å². The maximum atomic E-state index is 11.5. The minimum atomic E-state index is -1.05. The first kappa shape index (κ1) is 27.8. The molecule has 6 nitrogen and oxygen atoms in total. The summed E-state index contributed by atoms with van der Waals surface area (Å²) in [4.78, 5) is 35.3. The van der Waals surface area contributed by atoms with Gasteiger partial charge in [-0.15, -0.1) is 24.2 Å². The van der Waals surface area contributed by atoms with Gasteiger partial charge < -0.3 is 10.2 Å². The number of carboxylic acids is 2. The molecule has 2 N–H and O–H groups in total. The summed E-state index contributed by atoms with van der Waals surface area (Å²) in [6.45, 7) is 2.06. The number of benzene rings is 3. The number of aryl methyl sites for hydroxylation is 1. The monoisotopic (exact) mass is 566 g/mol. The van der Waals surface area contributed by atoms with Gasteiger partial charge in [0.15, 0.2) is 0 Å². The summed E-state index contributed by atoms with van der Waals surface area (Å²) in [6, 6.07) is 24.7. The van der Waals surface area contributed by atoms with Crippen molar-refractivity contribution in [1.82, 2.24) is 9.97 Å². The molecule has 0 atom stereocenters. The number of carbonyl (C=O) groups is 2. The second kappa shape index (κ2) is 11.8. The molecule has 0 spiro atoms. The van der Waals surface area contributed by atoms with E-state index in [0.717, 1.165) is 16.0 Å². The molecule has 0 unspecified atom stereocenters. The van der Waals surface area contributed by atoms with E-state index in [9.17, 15) is 19.8 Å². The van der Waals surface area contributed by atoms with Crippen molar-refractivity contribution in [2.75, 3.05) is 0 Å². The van der Waals surface area contributed by atoms with Crippen LogP contribution in [0, 0.1) is 31.6 Å². The number of rotatable bonds is 7. The van der Waals surface area contributed by atoms with Gasteiger partial charge in [0.05, 0.1) is 33.8 Å². The first-order valence-electron chi connectivity index (χ1n) is 12.7. The highest BCUT2D eigenvalue weighted by atomic mass is 32.1. The minimum absolute atomic E-state index is 0.124. The van der Waals surface area contributed by atoms with Crippen LogP contribution < -0.4 is 0 Å². The Balaban J connectivity index is 1.77. The summed E-state index contributed by atoms with van der Waals surface area (Å²) in [5.41, 5.74) is 5.41. The van der Waals surface area contributed by atoms with E-state index in [2.05, 4.69) is 30.9 Å². The highest BCUT2D eigenvalue weighted by molar-refractivity contribution is 7.15. The van der Waals surface area contributed by atoms with Gasteiger partial charge in [-0.3, -0.25) is 0 Å². The Morgan fingerprint density at radius 2 is 1.17 bits per heavy atom. The van der Waals surface area contributed by atoms with Gasteiger partial charge in [0, 0.05) is 32.5 Å². The molecule has 2 aromatic heterocycles. The lowest BCUT2D eigenvalue weighted by Gasteiger charge is -2.16. The van der Waals surface area contributed by atoms with E-state index < -0.39 is 11.9 Å². The third-order valence-corrected chi connectivity index (χ3v) is 7.58. The van der Waals surface area contributed by atoms with E-state index in [0.29, 0.717) is 39.5 Å². The predicted molar refractivity (Wildman–Crippen MR) is 166 cm³/mol. The van der Waals surface area contributed by atoms with Crippen molar-refractivity contribution in [3.05, 3.63) is 113 Å². The SMILES string of the molecule is C#C/C=C(\C#C)c1nc(-c2ccc(C(=O)O)cc2)c(-c2ccc(-c3ccc(C)s3)cc2)nc1-c1ccc(C(=O)O)cc1. The number of hydrogen-bond donors (Lipinski definition) is 2. The molecule has 0 saturated heterocycles. The molecule has 0 saturated carbocycles. The lowest BCUT2D eigenvalue weighted by atomic mass is 9.98. The topological polar surface area (TPSA) is 100 Å². The Bertz CT molecular complexity index is 1940. The molecule has 3 aromatic carbocycles. The molecule has 2 heterocycles. The molecule has 0 radical (unpaired) electrons. The maximum Gasteiger partial charge on any atom is 0.335 e. The molecular weight excluding hydrogens is 544 g/mol. The highest BCUT2D eigenvalue weighted by Gasteiger charge is 2.21. The zero-order valence-electron chi connectivity index (χ0n) is 22.3. The van der Waals surface area contributed by atoms with E-state index in [1.165, 1.54) is 35.2 Å². The standard InChI is InChI=1S/C35H22N2O4S/c1-4-6-22(5-2)30-31(25-12-16-27(17-13-25)34(38)39)37-33(32(36-30)26-14-18-28(19-15-26)35(40)41)24-10-8-23(9-11-24)29-20-7-21(3)42-29/h1-2,6-20H,3H3,(H,38,39)(H,40,41)/b22-6+.